The molecule has 100 valence electrons. The lowest BCUT2D eigenvalue weighted by molar-refractivity contribution is 0.0395. The quantitative estimate of drug-likeness (QED) is 0.754. The molecule has 2 aliphatic rings. The van der Waals surface area contributed by atoms with Crippen molar-refractivity contribution in [2.45, 2.75) is 72.8 Å². The smallest absolute Gasteiger partial charge is 0.0103 e. The summed E-state index contributed by atoms with van der Waals surface area (Å²) in [5.74, 6) is 1.86. The van der Waals surface area contributed by atoms with Crippen molar-refractivity contribution in [2.75, 3.05) is 6.54 Å². The van der Waals surface area contributed by atoms with Crippen molar-refractivity contribution in [3.63, 3.8) is 0 Å². The fourth-order valence-electron chi connectivity index (χ4n) is 5.17. The fraction of sp³-hybridized carbons (Fsp3) is 1.00. The van der Waals surface area contributed by atoms with Crippen molar-refractivity contribution in [1.82, 2.24) is 5.32 Å². The third-order valence-corrected chi connectivity index (χ3v) is 5.88. The average molecular weight is 237 g/mol. The summed E-state index contributed by atoms with van der Waals surface area (Å²) < 4.78 is 0. The molecule has 2 bridgehead atoms. The number of nitrogens with one attached hydrogen (secondary N) is 1. The van der Waals surface area contributed by atoms with Gasteiger partial charge >= 0.3 is 0 Å². The molecule has 0 saturated heterocycles. The first-order valence-electron chi connectivity index (χ1n) is 7.69. The summed E-state index contributed by atoms with van der Waals surface area (Å²) in [6.07, 6.45) is 6.97. The van der Waals surface area contributed by atoms with Crippen molar-refractivity contribution in [2.24, 2.45) is 22.7 Å². The van der Waals surface area contributed by atoms with E-state index in [1.54, 1.807) is 0 Å². The van der Waals surface area contributed by atoms with E-state index in [1.165, 1.54) is 38.6 Å². The van der Waals surface area contributed by atoms with Crippen LogP contribution in [0.1, 0.15) is 66.7 Å². The van der Waals surface area contributed by atoms with Gasteiger partial charge in [0.2, 0.25) is 0 Å². The summed E-state index contributed by atoms with van der Waals surface area (Å²) in [5, 5.41) is 3.83. The monoisotopic (exact) mass is 237 g/mol. The lowest BCUT2D eigenvalue weighted by Gasteiger charge is -2.47. The Morgan fingerprint density at radius 3 is 2.41 bits per heavy atom. The molecule has 2 aliphatic carbocycles. The van der Waals surface area contributed by atoms with Gasteiger partial charge in [0, 0.05) is 6.04 Å². The lowest BCUT2D eigenvalue weighted by Crippen LogP contribution is -2.49. The summed E-state index contributed by atoms with van der Waals surface area (Å²) in [6.45, 7) is 13.4. The molecule has 0 amide bonds. The predicted molar refractivity (Wildman–Crippen MR) is 75.1 cm³/mol. The van der Waals surface area contributed by atoms with Crippen molar-refractivity contribution in [3.8, 4) is 0 Å². The van der Waals surface area contributed by atoms with Gasteiger partial charge in [-0.3, -0.25) is 0 Å². The maximum Gasteiger partial charge on any atom is 0.0103 e. The van der Waals surface area contributed by atoms with Crippen molar-refractivity contribution < 1.29 is 0 Å². The van der Waals surface area contributed by atoms with Gasteiger partial charge in [-0.1, -0.05) is 34.6 Å². The van der Waals surface area contributed by atoms with Gasteiger partial charge in [0.1, 0.15) is 0 Å². The molecule has 2 fully saturated rings. The topological polar surface area (TPSA) is 12.0 Å². The van der Waals surface area contributed by atoms with E-state index in [2.05, 4.69) is 39.9 Å². The second kappa shape index (κ2) is 4.57. The van der Waals surface area contributed by atoms with Crippen LogP contribution in [0.15, 0.2) is 0 Å². The Labute approximate surface area is 108 Å². The van der Waals surface area contributed by atoms with Crippen molar-refractivity contribution in [1.29, 1.82) is 0 Å². The van der Waals surface area contributed by atoms with Gasteiger partial charge in [-0.2, -0.15) is 0 Å². The predicted octanol–water partition coefficient (Wildman–Crippen LogP) is 4.23. The zero-order valence-electron chi connectivity index (χ0n) is 12.5. The van der Waals surface area contributed by atoms with Crippen LogP contribution in [-0.2, 0) is 0 Å². The summed E-state index contributed by atoms with van der Waals surface area (Å²) in [6, 6.07) is 0.736. The third kappa shape index (κ3) is 2.05. The number of hydrogen-bond acceptors (Lipinski definition) is 1. The summed E-state index contributed by atoms with van der Waals surface area (Å²) in [7, 11) is 0. The van der Waals surface area contributed by atoms with Crippen LogP contribution < -0.4 is 5.32 Å². The summed E-state index contributed by atoms with van der Waals surface area (Å²) in [5.41, 5.74) is 1.17. The molecular weight excluding hydrogens is 206 g/mol. The largest absolute Gasteiger partial charge is 0.314 e. The highest BCUT2D eigenvalue weighted by molar-refractivity contribution is 5.11. The van der Waals surface area contributed by atoms with Gasteiger partial charge in [-0.15, -0.1) is 0 Å². The molecular formula is C16H31N. The van der Waals surface area contributed by atoms with Gasteiger partial charge < -0.3 is 5.32 Å². The first-order chi connectivity index (χ1) is 7.95. The van der Waals surface area contributed by atoms with E-state index in [1.807, 2.05) is 0 Å². The molecule has 4 atom stereocenters. The van der Waals surface area contributed by atoms with Crippen LogP contribution in [0.3, 0.4) is 0 Å². The number of rotatable bonds is 5. The summed E-state index contributed by atoms with van der Waals surface area (Å²) >= 11 is 0. The van der Waals surface area contributed by atoms with Gasteiger partial charge in [-0.25, -0.2) is 0 Å². The van der Waals surface area contributed by atoms with E-state index in [0.717, 1.165) is 17.9 Å². The highest BCUT2D eigenvalue weighted by Crippen LogP contribution is 2.67. The van der Waals surface area contributed by atoms with Gasteiger partial charge in [0.05, 0.1) is 0 Å². The second-order valence-electron chi connectivity index (χ2n) is 7.36. The molecule has 1 heteroatoms. The van der Waals surface area contributed by atoms with E-state index in [9.17, 15) is 0 Å². The SMILES string of the molecule is CCCNC(CC)C1C2(C)CCC(C2)C1(C)C. The van der Waals surface area contributed by atoms with E-state index in [0.29, 0.717) is 10.8 Å². The Morgan fingerprint density at radius 2 is 1.94 bits per heavy atom. The lowest BCUT2D eigenvalue weighted by atomic mass is 9.60. The van der Waals surface area contributed by atoms with Crippen molar-refractivity contribution >= 4 is 0 Å². The van der Waals surface area contributed by atoms with E-state index in [-0.39, 0.29) is 0 Å². The molecule has 4 unspecified atom stereocenters. The van der Waals surface area contributed by atoms with Crippen LogP contribution in [0.4, 0.5) is 0 Å². The van der Waals surface area contributed by atoms with Crippen molar-refractivity contribution in [3.05, 3.63) is 0 Å². The van der Waals surface area contributed by atoms with E-state index < -0.39 is 0 Å². The fourth-order valence-corrected chi connectivity index (χ4v) is 5.17. The zero-order chi connectivity index (χ0) is 12.7. The average Bonchev–Trinajstić information content (AvgIpc) is 2.74. The molecule has 0 radical (unpaired) electrons. The molecule has 0 aromatic carbocycles. The number of fused-ring (bicyclic) bond motifs is 2. The molecule has 1 N–H and O–H groups in total. The maximum atomic E-state index is 3.83. The molecule has 0 heterocycles. The van der Waals surface area contributed by atoms with E-state index in [4.69, 9.17) is 0 Å². The maximum absolute atomic E-state index is 3.83. The van der Waals surface area contributed by atoms with Crippen LogP contribution in [0, 0.1) is 22.7 Å². The van der Waals surface area contributed by atoms with Crippen LogP contribution >= 0.6 is 0 Å². The summed E-state index contributed by atoms with van der Waals surface area (Å²) in [4.78, 5) is 0. The molecule has 1 nitrogen and oxygen atoms in total. The minimum atomic E-state index is 0.550. The Kier molecular flexibility index (Phi) is 3.60. The van der Waals surface area contributed by atoms with Gasteiger partial charge in [0.15, 0.2) is 0 Å². The molecule has 0 aromatic rings. The molecule has 2 saturated carbocycles. The molecule has 0 aliphatic heterocycles. The standard InChI is InChI=1S/C16H31N/c1-6-10-17-13(7-2)14-15(3,4)12-8-9-16(14,5)11-12/h12-14,17H,6-11H2,1-5H3. The Bertz CT molecular complexity index is 266. The van der Waals surface area contributed by atoms with Crippen LogP contribution in [-0.4, -0.2) is 12.6 Å². The normalized spacial score (nSPS) is 40.8. The molecule has 0 spiro atoms. The minimum absolute atomic E-state index is 0.550. The number of hydrogen-bond donors (Lipinski definition) is 1. The molecule has 17 heavy (non-hydrogen) atoms. The molecule has 0 aromatic heterocycles. The highest BCUT2D eigenvalue weighted by atomic mass is 14.9. The first-order valence-corrected chi connectivity index (χ1v) is 7.69. The Hall–Kier alpha value is -0.0400. The zero-order valence-corrected chi connectivity index (χ0v) is 12.5. The third-order valence-electron chi connectivity index (χ3n) is 5.88. The van der Waals surface area contributed by atoms with Crippen LogP contribution in [0.5, 0.6) is 0 Å². The molecule has 2 rings (SSSR count). The Balaban J connectivity index is 2.17. The minimum Gasteiger partial charge on any atom is -0.314 e. The second-order valence-corrected chi connectivity index (χ2v) is 7.36. The van der Waals surface area contributed by atoms with Crippen LogP contribution in [0.25, 0.3) is 0 Å². The van der Waals surface area contributed by atoms with Gasteiger partial charge in [0.25, 0.3) is 0 Å². The Morgan fingerprint density at radius 1 is 1.24 bits per heavy atom. The van der Waals surface area contributed by atoms with Crippen LogP contribution in [0.2, 0.25) is 0 Å². The first kappa shape index (κ1) is 13.4. The van der Waals surface area contributed by atoms with E-state index >= 15 is 0 Å². The van der Waals surface area contributed by atoms with Gasteiger partial charge in [-0.05, 0) is 61.3 Å². The highest BCUT2D eigenvalue weighted by Gasteiger charge is 2.60.